The highest BCUT2D eigenvalue weighted by Gasteiger charge is 2.03. The molecule has 0 heterocycles. The molecule has 0 aliphatic rings. The van der Waals surface area contributed by atoms with Crippen LogP contribution in [0.2, 0.25) is 0 Å². The average Bonchev–Trinajstić information content (AvgIpc) is 2.16. The van der Waals surface area contributed by atoms with E-state index in [4.69, 9.17) is 14.5 Å². The molecule has 0 bridgehead atoms. The summed E-state index contributed by atoms with van der Waals surface area (Å²) in [6.45, 7) is 0. The van der Waals surface area contributed by atoms with Gasteiger partial charge in [0.2, 0.25) is 0 Å². The molecule has 0 unspecified atom stereocenters. The zero-order valence-corrected chi connectivity index (χ0v) is 7.07. The molecule has 0 atom stereocenters. The average molecular weight is 165 g/mol. The molecule has 0 saturated heterocycles. The van der Waals surface area contributed by atoms with Crippen molar-refractivity contribution in [2.24, 2.45) is 0 Å². The molecule has 0 spiro atoms. The first-order chi connectivity index (χ1) is 5.81. The van der Waals surface area contributed by atoms with Gasteiger partial charge in [-0.1, -0.05) is 6.07 Å². The van der Waals surface area contributed by atoms with Crippen LogP contribution in [0.15, 0.2) is 18.2 Å². The van der Waals surface area contributed by atoms with Crippen LogP contribution in [0.25, 0.3) is 0 Å². The molecule has 0 aliphatic carbocycles. The zero-order valence-electron chi connectivity index (χ0n) is 7.07. The van der Waals surface area contributed by atoms with Crippen molar-refractivity contribution >= 4 is 12.9 Å². The first-order valence-corrected chi connectivity index (χ1v) is 3.51. The van der Waals surface area contributed by atoms with Crippen molar-refractivity contribution in [2.75, 3.05) is 14.2 Å². The summed E-state index contributed by atoms with van der Waals surface area (Å²) in [6.07, 6.45) is 0. The van der Waals surface area contributed by atoms with Crippen molar-refractivity contribution < 1.29 is 14.5 Å². The van der Waals surface area contributed by atoms with E-state index in [1.54, 1.807) is 32.4 Å². The quantitative estimate of drug-likeness (QED) is 0.637. The lowest BCUT2D eigenvalue weighted by Gasteiger charge is -2.07. The Hall–Kier alpha value is -1.16. The van der Waals surface area contributed by atoms with Gasteiger partial charge in [0.1, 0.15) is 0 Å². The predicted octanol–water partition coefficient (Wildman–Crippen LogP) is -0.0594. The Morgan fingerprint density at radius 3 is 2.33 bits per heavy atom. The Kier molecular flexibility index (Phi) is 2.99. The number of methoxy groups -OCH3 is 2. The van der Waals surface area contributed by atoms with E-state index >= 15 is 0 Å². The summed E-state index contributed by atoms with van der Waals surface area (Å²) in [5, 5.41) is 8.70. The molecule has 1 N–H and O–H groups in total. The maximum atomic E-state index is 8.70. The van der Waals surface area contributed by atoms with Crippen molar-refractivity contribution in [2.45, 2.75) is 0 Å². The van der Waals surface area contributed by atoms with Crippen molar-refractivity contribution in [3.63, 3.8) is 0 Å². The van der Waals surface area contributed by atoms with Gasteiger partial charge in [0.25, 0.3) is 0 Å². The number of hydrogen-bond donors (Lipinski definition) is 1. The smallest absolute Gasteiger partial charge is 0.326 e. The largest absolute Gasteiger partial charge is 0.493 e. The lowest BCUT2D eigenvalue weighted by molar-refractivity contribution is 0.355. The van der Waals surface area contributed by atoms with E-state index in [0.717, 1.165) is 7.48 Å². The fourth-order valence-corrected chi connectivity index (χ4v) is 0.933. The first-order valence-electron chi connectivity index (χ1n) is 3.51. The summed E-state index contributed by atoms with van der Waals surface area (Å²) in [5.41, 5.74) is 0.688. The van der Waals surface area contributed by atoms with E-state index in [-0.39, 0.29) is 0 Å². The van der Waals surface area contributed by atoms with Crippen LogP contribution in [0.5, 0.6) is 11.5 Å². The number of ether oxygens (including phenoxy) is 2. The molecular formula is C8H10BO3. The number of hydrogen-bond acceptors (Lipinski definition) is 3. The van der Waals surface area contributed by atoms with Crippen molar-refractivity contribution in [1.82, 2.24) is 0 Å². The zero-order chi connectivity index (χ0) is 8.97. The van der Waals surface area contributed by atoms with Crippen LogP contribution < -0.4 is 14.9 Å². The highest BCUT2D eigenvalue weighted by atomic mass is 16.5. The Bertz CT molecular complexity index is 262. The second-order valence-electron chi connectivity index (χ2n) is 2.24. The van der Waals surface area contributed by atoms with Gasteiger partial charge < -0.3 is 14.5 Å². The molecule has 0 aromatic heterocycles. The van der Waals surface area contributed by atoms with E-state index in [9.17, 15) is 0 Å². The lowest BCUT2D eigenvalue weighted by atomic mass is 9.89. The van der Waals surface area contributed by atoms with Gasteiger partial charge in [-0.25, -0.2) is 0 Å². The molecule has 0 aliphatic heterocycles. The Morgan fingerprint density at radius 2 is 1.83 bits per heavy atom. The van der Waals surface area contributed by atoms with Crippen molar-refractivity contribution in [3.8, 4) is 11.5 Å². The molecular weight excluding hydrogens is 155 g/mol. The Labute approximate surface area is 72.2 Å². The molecule has 63 valence electrons. The van der Waals surface area contributed by atoms with E-state index < -0.39 is 0 Å². The van der Waals surface area contributed by atoms with Gasteiger partial charge in [-0.15, -0.1) is 0 Å². The van der Waals surface area contributed by atoms with Gasteiger partial charge in [-0.05, 0) is 17.6 Å². The van der Waals surface area contributed by atoms with Gasteiger partial charge in [-0.3, -0.25) is 0 Å². The van der Waals surface area contributed by atoms with E-state index in [2.05, 4.69) is 0 Å². The van der Waals surface area contributed by atoms with Crippen LogP contribution in [-0.2, 0) is 0 Å². The van der Waals surface area contributed by atoms with Gasteiger partial charge >= 0.3 is 7.48 Å². The standard InChI is InChI=1S/C8H10BO3/c1-11-7-4-3-6(9-10)5-8(7)12-2/h3-5,10H,1-2H3. The van der Waals surface area contributed by atoms with Crippen LogP contribution in [0.1, 0.15) is 0 Å². The fourth-order valence-electron chi connectivity index (χ4n) is 0.933. The van der Waals surface area contributed by atoms with E-state index in [1.165, 1.54) is 0 Å². The second kappa shape index (κ2) is 4.02. The third-order valence-corrected chi connectivity index (χ3v) is 1.56. The molecule has 0 saturated carbocycles. The summed E-state index contributed by atoms with van der Waals surface area (Å²) >= 11 is 0. The molecule has 1 radical (unpaired) electrons. The van der Waals surface area contributed by atoms with Crippen LogP contribution in [0, 0.1) is 0 Å². The lowest BCUT2D eigenvalue weighted by Crippen LogP contribution is -2.13. The van der Waals surface area contributed by atoms with Crippen LogP contribution in [0.3, 0.4) is 0 Å². The molecule has 4 heteroatoms. The van der Waals surface area contributed by atoms with Gasteiger partial charge in [-0.2, -0.15) is 0 Å². The topological polar surface area (TPSA) is 38.7 Å². The van der Waals surface area contributed by atoms with Gasteiger partial charge in [0, 0.05) is 0 Å². The fraction of sp³-hybridized carbons (Fsp3) is 0.250. The minimum atomic E-state index is 0.611. The molecule has 12 heavy (non-hydrogen) atoms. The predicted molar refractivity (Wildman–Crippen MR) is 47.2 cm³/mol. The molecule has 1 rings (SSSR count). The van der Waals surface area contributed by atoms with Gasteiger partial charge in [0.15, 0.2) is 11.5 Å². The molecule has 0 amide bonds. The third kappa shape index (κ3) is 1.71. The maximum Gasteiger partial charge on any atom is 0.326 e. The van der Waals surface area contributed by atoms with Crippen molar-refractivity contribution in [3.05, 3.63) is 18.2 Å². The summed E-state index contributed by atoms with van der Waals surface area (Å²) < 4.78 is 10.0. The first kappa shape index (κ1) is 8.94. The normalized spacial score (nSPS) is 9.25. The van der Waals surface area contributed by atoms with Crippen LogP contribution in [-0.4, -0.2) is 26.7 Å². The minimum Gasteiger partial charge on any atom is -0.493 e. The molecule has 0 fully saturated rings. The summed E-state index contributed by atoms with van der Waals surface area (Å²) in [4.78, 5) is 0. The number of rotatable bonds is 3. The summed E-state index contributed by atoms with van der Waals surface area (Å²) in [7, 11) is 4.14. The van der Waals surface area contributed by atoms with Crippen LogP contribution >= 0.6 is 0 Å². The highest BCUT2D eigenvalue weighted by molar-refractivity contribution is 6.45. The second-order valence-corrected chi connectivity index (χ2v) is 2.24. The molecule has 3 nitrogen and oxygen atoms in total. The highest BCUT2D eigenvalue weighted by Crippen LogP contribution is 2.23. The van der Waals surface area contributed by atoms with E-state index in [0.29, 0.717) is 17.0 Å². The van der Waals surface area contributed by atoms with Crippen molar-refractivity contribution in [1.29, 1.82) is 0 Å². The summed E-state index contributed by atoms with van der Waals surface area (Å²) in [5.74, 6) is 1.27. The maximum absolute atomic E-state index is 8.70. The van der Waals surface area contributed by atoms with Crippen LogP contribution in [0.4, 0.5) is 0 Å². The third-order valence-electron chi connectivity index (χ3n) is 1.56. The van der Waals surface area contributed by atoms with E-state index in [1.807, 2.05) is 0 Å². The molecule has 1 aromatic carbocycles. The molecule has 1 aromatic rings. The summed E-state index contributed by atoms with van der Waals surface area (Å²) in [6, 6.07) is 5.17. The van der Waals surface area contributed by atoms with Gasteiger partial charge in [0.05, 0.1) is 14.2 Å². The Morgan fingerprint density at radius 1 is 1.17 bits per heavy atom. The monoisotopic (exact) mass is 165 g/mol. The SMILES string of the molecule is COc1ccc([B]O)cc1OC. The Balaban J connectivity index is 3.02. The number of benzene rings is 1. The minimum absolute atomic E-state index is 0.611.